The molecule has 96 valence electrons. The van der Waals surface area contributed by atoms with Crippen LogP contribution in [0.1, 0.15) is 15.9 Å². The van der Waals surface area contributed by atoms with Crippen molar-refractivity contribution in [3.8, 4) is 0 Å². The molecule has 0 bridgehead atoms. The Morgan fingerprint density at radius 2 is 2.00 bits per heavy atom. The third kappa shape index (κ3) is 2.12. The minimum Gasteiger partial charge on any atom is -0.478 e. The van der Waals surface area contributed by atoms with Crippen LogP contribution in [0.2, 0.25) is 0 Å². The van der Waals surface area contributed by atoms with Crippen molar-refractivity contribution in [3.05, 3.63) is 58.1 Å². The summed E-state index contributed by atoms with van der Waals surface area (Å²) in [6, 6.07) is 13.7. The first-order valence-electron chi connectivity index (χ1n) is 6.05. The molecule has 0 atom stereocenters. The number of carboxylic acids is 1. The molecule has 0 aromatic heterocycles. The Labute approximate surface area is 119 Å². The molecular formula is C15H12BrNO2. The number of hydrogen-bond donors (Lipinski definition) is 1. The highest BCUT2D eigenvalue weighted by Crippen LogP contribution is 2.35. The molecule has 0 fully saturated rings. The Morgan fingerprint density at radius 3 is 2.74 bits per heavy atom. The Morgan fingerprint density at radius 1 is 1.21 bits per heavy atom. The van der Waals surface area contributed by atoms with Crippen LogP contribution in [-0.2, 0) is 6.42 Å². The van der Waals surface area contributed by atoms with E-state index in [1.165, 1.54) is 11.3 Å². The summed E-state index contributed by atoms with van der Waals surface area (Å²) in [5, 5.41) is 9.04. The topological polar surface area (TPSA) is 40.5 Å². The number of carbonyl (C=O) groups is 1. The van der Waals surface area contributed by atoms with E-state index < -0.39 is 5.97 Å². The summed E-state index contributed by atoms with van der Waals surface area (Å²) in [6.07, 6.45) is 1.02. The van der Waals surface area contributed by atoms with Crippen molar-refractivity contribution in [2.75, 3.05) is 11.4 Å². The zero-order valence-electron chi connectivity index (χ0n) is 10.1. The Kier molecular flexibility index (Phi) is 3.03. The van der Waals surface area contributed by atoms with Gasteiger partial charge >= 0.3 is 5.97 Å². The third-order valence-electron chi connectivity index (χ3n) is 3.38. The van der Waals surface area contributed by atoms with E-state index in [1.807, 2.05) is 24.3 Å². The lowest BCUT2D eigenvalue weighted by molar-refractivity contribution is 0.0696. The summed E-state index contributed by atoms with van der Waals surface area (Å²) in [5.41, 5.74) is 3.84. The van der Waals surface area contributed by atoms with Crippen LogP contribution >= 0.6 is 15.9 Å². The molecule has 2 aromatic carbocycles. The van der Waals surface area contributed by atoms with Gasteiger partial charge in [0.15, 0.2) is 0 Å². The number of fused-ring (bicyclic) bond motifs is 1. The second-order valence-corrected chi connectivity index (χ2v) is 5.35. The molecule has 0 radical (unpaired) electrons. The molecule has 0 amide bonds. The molecule has 0 saturated heterocycles. The molecule has 2 aromatic rings. The van der Waals surface area contributed by atoms with Crippen LogP contribution < -0.4 is 4.90 Å². The Hall–Kier alpha value is -1.81. The van der Waals surface area contributed by atoms with E-state index in [0.717, 1.165) is 18.7 Å². The highest BCUT2D eigenvalue weighted by atomic mass is 79.9. The number of anilines is 2. The molecule has 0 spiro atoms. The average Bonchev–Trinajstić information content (AvgIpc) is 2.82. The molecule has 3 rings (SSSR count). The molecule has 19 heavy (non-hydrogen) atoms. The average molecular weight is 318 g/mol. The monoisotopic (exact) mass is 317 g/mol. The highest BCUT2D eigenvalue weighted by molar-refractivity contribution is 9.10. The van der Waals surface area contributed by atoms with Crippen molar-refractivity contribution < 1.29 is 9.90 Å². The summed E-state index contributed by atoms with van der Waals surface area (Å²) >= 11 is 3.33. The van der Waals surface area contributed by atoms with Crippen LogP contribution in [0.25, 0.3) is 0 Å². The van der Waals surface area contributed by atoms with E-state index in [0.29, 0.717) is 4.47 Å². The quantitative estimate of drug-likeness (QED) is 0.914. The van der Waals surface area contributed by atoms with Gasteiger partial charge in [0.05, 0.1) is 5.56 Å². The van der Waals surface area contributed by atoms with Gasteiger partial charge in [0.25, 0.3) is 0 Å². The first-order valence-corrected chi connectivity index (χ1v) is 6.84. The number of rotatable bonds is 2. The van der Waals surface area contributed by atoms with E-state index in [1.54, 1.807) is 6.07 Å². The van der Waals surface area contributed by atoms with Gasteiger partial charge in [-0.05, 0) is 52.2 Å². The number of nitrogens with zero attached hydrogens (tertiary/aromatic N) is 1. The van der Waals surface area contributed by atoms with Gasteiger partial charge in [-0.15, -0.1) is 0 Å². The normalized spacial score (nSPS) is 13.4. The van der Waals surface area contributed by atoms with Gasteiger partial charge in [0.2, 0.25) is 0 Å². The predicted octanol–water partition coefficient (Wildman–Crippen LogP) is 3.84. The van der Waals surface area contributed by atoms with Gasteiger partial charge in [-0.1, -0.05) is 18.2 Å². The Balaban J connectivity index is 2.01. The zero-order chi connectivity index (χ0) is 13.4. The highest BCUT2D eigenvalue weighted by Gasteiger charge is 2.20. The summed E-state index contributed by atoms with van der Waals surface area (Å²) in [5.74, 6) is -0.916. The van der Waals surface area contributed by atoms with Crippen LogP contribution in [0.5, 0.6) is 0 Å². The molecule has 3 nitrogen and oxygen atoms in total. The Bertz CT molecular complexity index is 654. The predicted molar refractivity (Wildman–Crippen MR) is 78.3 cm³/mol. The van der Waals surface area contributed by atoms with Crippen LogP contribution in [0.3, 0.4) is 0 Å². The largest absolute Gasteiger partial charge is 0.478 e. The van der Waals surface area contributed by atoms with Gasteiger partial charge in [0.1, 0.15) is 0 Å². The number of halogens is 1. The zero-order valence-corrected chi connectivity index (χ0v) is 11.7. The van der Waals surface area contributed by atoms with Crippen LogP contribution in [0, 0.1) is 0 Å². The van der Waals surface area contributed by atoms with E-state index in [-0.39, 0.29) is 5.56 Å². The maximum Gasteiger partial charge on any atom is 0.336 e. The lowest BCUT2D eigenvalue weighted by Gasteiger charge is -2.20. The van der Waals surface area contributed by atoms with Crippen LogP contribution in [-0.4, -0.2) is 17.6 Å². The number of para-hydroxylation sites is 1. The number of aromatic carboxylic acids is 1. The van der Waals surface area contributed by atoms with E-state index in [9.17, 15) is 4.79 Å². The van der Waals surface area contributed by atoms with Crippen molar-refractivity contribution in [1.29, 1.82) is 0 Å². The molecular weight excluding hydrogens is 306 g/mol. The van der Waals surface area contributed by atoms with Gasteiger partial charge in [0, 0.05) is 22.4 Å². The SMILES string of the molecule is O=C(O)c1ccc(N2CCc3ccccc32)cc1Br. The van der Waals surface area contributed by atoms with Crippen LogP contribution in [0.15, 0.2) is 46.9 Å². The van der Waals surface area contributed by atoms with E-state index in [2.05, 4.69) is 33.0 Å². The molecule has 1 N–H and O–H groups in total. The molecule has 0 saturated carbocycles. The number of hydrogen-bond acceptors (Lipinski definition) is 2. The number of carboxylic acid groups (broad SMARTS) is 1. The van der Waals surface area contributed by atoms with Crippen molar-refractivity contribution in [3.63, 3.8) is 0 Å². The second kappa shape index (κ2) is 4.70. The van der Waals surface area contributed by atoms with Crippen LogP contribution in [0.4, 0.5) is 11.4 Å². The first-order chi connectivity index (χ1) is 9.16. The molecule has 4 heteroatoms. The number of benzene rings is 2. The minimum absolute atomic E-state index is 0.288. The van der Waals surface area contributed by atoms with Gasteiger partial charge < -0.3 is 10.0 Å². The standard InChI is InChI=1S/C15H12BrNO2/c16-13-9-11(5-6-12(13)15(18)19)17-8-7-10-3-1-2-4-14(10)17/h1-6,9H,7-8H2,(H,18,19). The summed E-state index contributed by atoms with van der Waals surface area (Å²) in [4.78, 5) is 13.2. The molecule has 0 aliphatic carbocycles. The lowest BCUT2D eigenvalue weighted by Crippen LogP contribution is -2.13. The smallest absolute Gasteiger partial charge is 0.336 e. The van der Waals surface area contributed by atoms with E-state index >= 15 is 0 Å². The van der Waals surface area contributed by atoms with Gasteiger partial charge in [-0.25, -0.2) is 4.79 Å². The minimum atomic E-state index is -0.916. The summed E-state index contributed by atoms with van der Waals surface area (Å²) in [7, 11) is 0. The van der Waals surface area contributed by atoms with Crippen molar-refractivity contribution >= 4 is 33.3 Å². The van der Waals surface area contributed by atoms with Crippen molar-refractivity contribution in [1.82, 2.24) is 0 Å². The fourth-order valence-corrected chi connectivity index (χ4v) is 2.99. The van der Waals surface area contributed by atoms with Crippen molar-refractivity contribution in [2.45, 2.75) is 6.42 Å². The maximum atomic E-state index is 11.0. The molecule has 1 aliphatic rings. The van der Waals surface area contributed by atoms with E-state index in [4.69, 9.17) is 5.11 Å². The molecule has 1 aliphatic heterocycles. The fraction of sp³-hybridized carbons (Fsp3) is 0.133. The summed E-state index contributed by atoms with van der Waals surface area (Å²) in [6.45, 7) is 0.929. The lowest BCUT2D eigenvalue weighted by atomic mass is 10.1. The fourth-order valence-electron chi connectivity index (χ4n) is 2.45. The molecule has 0 unspecified atom stereocenters. The van der Waals surface area contributed by atoms with Gasteiger partial charge in [-0.2, -0.15) is 0 Å². The second-order valence-electron chi connectivity index (χ2n) is 4.50. The maximum absolute atomic E-state index is 11.0. The molecule has 1 heterocycles. The first kappa shape index (κ1) is 12.2. The van der Waals surface area contributed by atoms with Gasteiger partial charge in [-0.3, -0.25) is 0 Å². The summed E-state index contributed by atoms with van der Waals surface area (Å²) < 4.78 is 0.613. The third-order valence-corrected chi connectivity index (χ3v) is 4.04. The van der Waals surface area contributed by atoms with Crippen molar-refractivity contribution in [2.24, 2.45) is 0 Å².